The van der Waals surface area contributed by atoms with E-state index in [1.807, 2.05) is 13.0 Å². The smallest absolute Gasteiger partial charge is 0.246 e. The number of hydrogen-bond acceptors (Lipinski definition) is 2. The molecular formula is C9H15NO2. The summed E-state index contributed by atoms with van der Waals surface area (Å²) in [7, 11) is 0. The van der Waals surface area contributed by atoms with Crippen LogP contribution in [-0.4, -0.2) is 17.1 Å². The van der Waals surface area contributed by atoms with E-state index in [0.29, 0.717) is 5.92 Å². The lowest BCUT2D eigenvalue weighted by atomic mass is 9.80. The maximum Gasteiger partial charge on any atom is 0.246 e. The summed E-state index contributed by atoms with van der Waals surface area (Å²) in [6.07, 6.45) is 4.77. The van der Waals surface area contributed by atoms with Gasteiger partial charge in [0, 0.05) is 5.92 Å². The molecule has 0 aromatic heterocycles. The second kappa shape index (κ2) is 3.72. The normalized spacial score (nSPS) is 31.5. The van der Waals surface area contributed by atoms with E-state index in [1.54, 1.807) is 0 Å². The summed E-state index contributed by atoms with van der Waals surface area (Å²) in [5.74, 6) is -0.257. The first-order valence-electron chi connectivity index (χ1n) is 4.25. The van der Waals surface area contributed by atoms with Crippen LogP contribution in [0.2, 0.25) is 0 Å². The summed E-state index contributed by atoms with van der Waals surface area (Å²) in [5.41, 5.74) is 5.02. The number of nitrogens with two attached hydrogens (primary N) is 1. The van der Waals surface area contributed by atoms with Crippen molar-refractivity contribution in [3.63, 3.8) is 0 Å². The molecule has 1 aliphatic carbocycles. The van der Waals surface area contributed by atoms with Crippen LogP contribution in [0, 0.1) is 11.8 Å². The van der Waals surface area contributed by atoms with Crippen LogP contribution in [0.3, 0.4) is 0 Å². The quantitative estimate of drug-likeness (QED) is 0.589. The summed E-state index contributed by atoms with van der Waals surface area (Å²) >= 11 is 0. The number of allylic oxidation sites excluding steroid dienone is 2. The summed E-state index contributed by atoms with van der Waals surface area (Å²) < 4.78 is 0. The van der Waals surface area contributed by atoms with E-state index in [0.717, 1.165) is 12.8 Å². The first-order chi connectivity index (χ1) is 5.63. The van der Waals surface area contributed by atoms with Crippen molar-refractivity contribution in [3.8, 4) is 0 Å². The van der Waals surface area contributed by atoms with E-state index in [2.05, 4.69) is 6.08 Å². The highest BCUT2D eigenvalue weighted by atomic mass is 16.3. The molecule has 0 heterocycles. The molecule has 0 aromatic rings. The Labute approximate surface area is 72.3 Å². The number of rotatable bonds is 2. The zero-order valence-electron chi connectivity index (χ0n) is 7.23. The maximum atomic E-state index is 10.7. The Morgan fingerprint density at radius 3 is 2.67 bits per heavy atom. The van der Waals surface area contributed by atoms with Crippen molar-refractivity contribution in [2.75, 3.05) is 0 Å². The lowest BCUT2D eigenvalue weighted by Gasteiger charge is -2.27. The Morgan fingerprint density at radius 1 is 1.58 bits per heavy atom. The molecule has 3 unspecified atom stereocenters. The monoisotopic (exact) mass is 169 g/mol. The van der Waals surface area contributed by atoms with Crippen LogP contribution >= 0.6 is 0 Å². The molecule has 12 heavy (non-hydrogen) atoms. The first-order valence-corrected chi connectivity index (χ1v) is 4.25. The van der Waals surface area contributed by atoms with Crippen molar-refractivity contribution < 1.29 is 9.90 Å². The predicted octanol–water partition coefficient (Wildman–Crippen LogP) is 0.435. The minimum absolute atomic E-state index is 0.00694. The third-order valence-electron chi connectivity index (χ3n) is 2.51. The van der Waals surface area contributed by atoms with Crippen LogP contribution < -0.4 is 5.73 Å². The van der Waals surface area contributed by atoms with Gasteiger partial charge >= 0.3 is 0 Å². The number of carbonyl (C=O) groups is 1. The van der Waals surface area contributed by atoms with Crippen LogP contribution in [0.4, 0.5) is 0 Å². The van der Waals surface area contributed by atoms with Crippen LogP contribution in [-0.2, 0) is 4.79 Å². The largest absolute Gasteiger partial charge is 0.383 e. The molecule has 1 aliphatic rings. The fraction of sp³-hybridized carbons (Fsp3) is 0.667. The van der Waals surface area contributed by atoms with Gasteiger partial charge in [0.1, 0.15) is 6.10 Å². The molecule has 3 atom stereocenters. The molecule has 0 bridgehead atoms. The van der Waals surface area contributed by atoms with E-state index in [4.69, 9.17) is 5.73 Å². The van der Waals surface area contributed by atoms with Crippen molar-refractivity contribution in [2.45, 2.75) is 25.9 Å². The number of carbonyl (C=O) groups excluding carboxylic acids is 1. The van der Waals surface area contributed by atoms with E-state index < -0.39 is 12.0 Å². The number of aliphatic hydroxyl groups excluding tert-OH is 1. The molecule has 1 amide bonds. The summed E-state index contributed by atoms with van der Waals surface area (Å²) in [6, 6.07) is 0. The van der Waals surface area contributed by atoms with Gasteiger partial charge in [-0.25, -0.2) is 0 Å². The van der Waals surface area contributed by atoms with Crippen LogP contribution in [0.5, 0.6) is 0 Å². The summed E-state index contributed by atoms with van der Waals surface area (Å²) in [4.78, 5) is 10.7. The second-order valence-electron chi connectivity index (χ2n) is 3.43. The van der Waals surface area contributed by atoms with Gasteiger partial charge in [0.05, 0.1) is 0 Å². The Morgan fingerprint density at radius 2 is 2.17 bits per heavy atom. The van der Waals surface area contributed by atoms with Crippen LogP contribution in [0.1, 0.15) is 19.8 Å². The number of aliphatic hydroxyl groups is 1. The molecular weight excluding hydrogens is 154 g/mol. The van der Waals surface area contributed by atoms with Gasteiger partial charge in [-0.3, -0.25) is 4.79 Å². The standard InChI is InChI=1S/C9H15NO2/c1-6-4-2-3-5-7(6)8(11)9(10)12/h2-3,6-8,11H,4-5H2,1H3,(H2,10,12). The van der Waals surface area contributed by atoms with E-state index in [1.165, 1.54) is 0 Å². The van der Waals surface area contributed by atoms with Gasteiger partial charge in [-0.1, -0.05) is 19.1 Å². The molecule has 1 rings (SSSR count). The SMILES string of the molecule is CC1CC=CCC1C(O)C(N)=O. The molecule has 0 spiro atoms. The Hall–Kier alpha value is -0.830. The molecule has 0 aliphatic heterocycles. The van der Waals surface area contributed by atoms with Crippen LogP contribution in [0.25, 0.3) is 0 Å². The lowest BCUT2D eigenvalue weighted by Crippen LogP contribution is -2.38. The molecule has 3 heteroatoms. The predicted molar refractivity (Wildman–Crippen MR) is 46.2 cm³/mol. The number of primary amides is 1. The zero-order chi connectivity index (χ0) is 9.14. The third kappa shape index (κ3) is 1.85. The number of hydrogen-bond donors (Lipinski definition) is 2. The molecule has 0 saturated heterocycles. The molecule has 0 fully saturated rings. The fourth-order valence-corrected chi connectivity index (χ4v) is 1.62. The molecule has 3 N–H and O–H groups in total. The molecule has 0 saturated carbocycles. The average molecular weight is 169 g/mol. The molecule has 0 aromatic carbocycles. The van der Waals surface area contributed by atoms with Crippen molar-refractivity contribution >= 4 is 5.91 Å². The number of amides is 1. The lowest BCUT2D eigenvalue weighted by molar-refractivity contribution is -0.129. The Balaban J connectivity index is 2.61. The highest BCUT2D eigenvalue weighted by molar-refractivity contribution is 5.78. The van der Waals surface area contributed by atoms with Gasteiger partial charge in [-0.15, -0.1) is 0 Å². The highest BCUT2D eigenvalue weighted by Crippen LogP contribution is 2.27. The van der Waals surface area contributed by atoms with E-state index in [9.17, 15) is 9.90 Å². The minimum Gasteiger partial charge on any atom is -0.383 e. The van der Waals surface area contributed by atoms with Crippen molar-refractivity contribution in [1.29, 1.82) is 0 Å². The zero-order valence-corrected chi connectivity index (χ0v) is 7.23. The Bertz CT molecular complexity index is 201. The van der Waals surface area contributed by atoms with Crippen LogP contribution in [0.15, 0.2) is 12.2 Å². The third-order valence-corrected chi connectivity index (χ3v) is 2.51. The van der Waals surface area contributed by atoms with Gasteiger partial charge in [-0.2, -0.15) is 0 Å². The topological polar surface area (TPSA) is 63.3 Å². The second-order valence-corrected chi connectivity index (χ2v) is 3.43. The van der Waals surface area contributed by atoms with Crippen molar-refractivity contribution in [1.82, 2.24) is 0 Å². The van der Waals surface area contributed by atoms with Gasteiger partial charge in [0.2, 0.25) is 5.91 Å². The summed E-state index contributed by atoms with van der Waals surface area (Å²) in [6.45, 7) is 2.03. The van der Waals surface area contributed by atoms with E-state index >= 15 is 0 Å². The molecule has 3 nitrogen and oxygen atoms in total. The van der Waals surface area contributed by atoms with Gasteiger partial charge in [-0.05, 0) is 18.8 Å². The Kier molecular flexibility index (Phi) is 2.87. The van der Waals surface area contributed by atoms with Gasteiger partial charge < -0.3 is 10.8 Å². The van der Waals surface area contributed by atoms with Gasteiger partial charge in [0.25, 0.3) is 0 Å². The van der Waals surface area contributed by atoms with Crippen molar-refractivity contribution in [2.24, 2.45) is 17.6 Å². The maximum absolute atomic E-state index is 10.7. The van der Waals surface area contributed by atoms with Gasteiger partial charge in [0.15, 0.2) is 0 Å². The highest BCUT2D eigenvalue weighted by Gasteiger charge is 2.28. The molecule has 0 radical (unpaired) electrons. The minimum atomic E-state index is -0.982. The van der Waals surface area contributed by atoms with E-state index in [-0.39, 0.29) is 5.92 Å². The first kappa shape index (κ1) is 9.26. The fourth-order valence-electron chi connectivity index (χ4n) is 1.62. The summed E-state index contributed by atoms with van der Waals surface area (Å²) in [5, 5.41) is 9.41. The van der Waals surface area contributed by atoms with Crippen molar-refractivity contribution in [3.05, 3.63) is 12.2 Å². The molecule has 68 valence electrons. The average Bonchev–Trinajstić information content (AvgIpc) is 2.04.